The highest BCUT2D eigenvalue weighted by Gasteiger charge is 2.18. The van der Waals surface area contributed by atoms with Crippen molar-refractivity contribution in [2.45, 2.75) is 58.5 Å². The quantitative estimate of drug-likeness (QED) is 0.843. The van der Waals surface area contributed by atoms with Gasteiger partial charge in [-0.15, -0.1) is 0 Å². The summed E-state index contributed by atoms with van der Waals surface area (Å²) >= 11 is 6.31. The number of nitrogens with one attached hydrogen (secondary N) is 1. The van der Waals surface area contributed by atoms with Gasteiger partial charge < -0.3 is 10.1 Å². The van der Waals surface area contributed by atoms with Gasteiger partial charge in [0, 0.05) is 17.6 Å². The van der Waals surface area contributed by atoms with Crippen molar-refractivity contribution in [1.29, 1.82) is 0 Å². The Kier molecular flexibility index (Phi) is 5.34. The summed E-state index contributed by atoms with van der Waals surface area (Å²) < 4.78 is 6.05. The molecule has 0 bridgehead atoms. The van der Waals surface area contributed by atoms with Crippen molar-refractivity contribution >= 4 is 11.6 Å². The number of hydrogen-bond acceptors (Lipinski definition) is 2. The third-order valence-electron chi connectivity index (χ3n) is 3.80. The van der Waals surface area contributed by atoms with Crippen LogP contribution in [0.1, 0.15) is 52.0 Å². The van der Waals surface area contributed by atoms with Crippen LogP contribution in [0.4, 0.5) is 0 Å². The summed E-state index contributed by atoms with van der Waals surface area (Å²) in [5, 5.41) is 4.21. The van der Waals surface area contributed by atoms with Crippen molar-refractivity contribution in [3.05, 3.63) is 28.8 Å². The summed E-state index contributed by atoms with van der Waals surface area (Å²) in [6.45, 7) is 8.07. The molecule has 20 heavy (non-hydrogen) atoms. The molecular formula is C17H26ClNO. The van der Waals surface area contributed by atoms with Crippen LogP contribution in [0.25, 0.3) is 0 Å². The van der Waals surface area contributed by atoms with E-state index in [0.29, 0.717) is 5.92 Å². The zero-order chi connectivity index (χ0) is 14.6. The second kappa shape index (κ2) is 6.82. The first kappa shape index (κ1) is 15.7. The Morgan fingerprint density at radius 1 is 1.25 bits per heavy atom. The molecule has 0 saturated heterocycles. The highest BCUT2D eigenvalue weighted by molar-refractivity contribution is 6.32. The van der Waals surface area contributed by atoms with E-state index in [1.807, 2.05) is 12.1 Å². The van der Waals surface area contributed by atoms with E-state index < -0.39 is 0 Å². The van der Waals surface area contributed by atoms with Crippen LogP contribution < -0.4 is 10.1 Å². The van der Waals surface area contributed by atoms with Gasteiger partial charge >= 0.3 is 0 Å². The minimum atomic E-state index is 0.0883. The summed E-state index contributed by atoms with van der Waals surface area (Å²) in [6.07, 6.45) is 5.27. The van der Waals surface area contributed by atoms with Crippen molar-refractivity contribution < 1.29 is 4.74 Å². The first-order valence-corrected chi connectivity index (χ1v) is 7.99. The second-order valence-electron chi connectivity index (χ2n) is 6.79. The molecule has 3 heteroatoms. The molecule has 0 aromatic heterocycles. The molecule has 1 N–H and O–H groups in total. The fraction of sp³-hybridized carbons (Fsp3) is 0.647. The Labute approximate surface area is 127 Å². The van der Waals surface area contributed by atoms with E-state index >= 15 is 0 Å². The molecule has 112 valence electrons. The summed E-state index contributed by atoms with van der Waals surface area (Å²) in [5.74, 6) is 1.56. The van der Waals surface area contributed by atoms with Gasteiger partial charge in [-0.25, -0.2) is 0 Å². The van der Waals surface area contributed by atoms with E-state index in [-0.39, 0.29) is 5.54 Å². The van der Waals surface area contributed by atoms with E-state index in [2.05, 4.69) is 32.2 Å². The van der Waals surface area contributed by atoms with Crippen LogP contribution in [0.5, 0.6) is 5.75 Å². The molecule has 0 radical (unpaired) electrons. The van der Waals surface area contributed by atoms with Crippen molar-refractivity contribution in [1.82, 2.24) is 5.32 Å². The van der Waals surface area contributed by atoms with E-state index in [1.165, 1.54) is 25.7 Å². The number of hydrogen-bond donors (Lipinski definition) is 1. The minimum absolute atomic E-state index is 0.0883. The van der Waals surface area contributed by atoms with E-state index in [1.54, 1.807) is 0 Å². The smallest absolute Gasteiger partial charge is 0.142 e. The zero-order valence-electron chi connectivity index (χ0n) is 12.8. The molecule has 0 aliphatic heterocycles. The van der Waals surface area contributed by atoms with Crippen LogP contribution in [-0.4, -0.2) is 12.1 Å². The lowest BCUT2D eigenvalue weighted by atomic mass is 10.1. The van der Waals surface area contributed by atoms with Gasteiger partial charge in [0.15, 0.2) is 0 Å². The summed E-state index contributed by atoms with van der Waals surface area (Å²) in [5.41, 5.74) is 1.23. The predicted molar refractivity (Wildman–Crippen MR) is 85.5 cm³/mol. The fourth-order valence-electron chi connectivity index (χ4n) is 2.59. The first-order chi connectivity index (χ1) is 9.46. The van der Waals surface area contributed by atoms with Gasteiger partial charge in [0.1, 0.15) is 5.75 Å². The molecule has 0 heterocycles. The molecule has 1 aliphatic carbocycles. The van der Waals surface area contributed by atoms with Crippen molar-refractivity contribution in [3.63, 3.8) is 0 Å². The van der Waals surface area contributed by atoms with Gasteiger partial charge in [-0.1, -0.05) is 36.6 Å². The normalized spacial score (nSPS) is 16.6. The zero-order valence-corrected chi connectivity index (χ0v) is 13.6. The maximum Gasteiger partial charge on any atom is 0.142 e. The number of halogens is 1. The first-order valence-electron chi connectivity index (χ1n) is 7.61. The van der Waals surface area contributed by atoms with E-state index in [9.17, 15) is 0 Å². The molecule has 2 nitrogen and oxygen atoms in total. The van der Waals surface area contributed by atoms with Gasteiger partial charge in [-0.05, 0) is 45.6 Å². The number of ether oxygens (including phenoxy) is 1. The molecule has 2 rings (SSSR count). The number of para-hydroxylation sites is 1. The summed E-state index contributed by atoms with van der Waals surface area (Å²) in [6, 6.07) is 5.99. The standard InChI is InChI=1S/C17H26ClNO/c1-17(2,3)19-11-14-9-6-10-15(18)16(14)20-12-13-7-4-5-8-13/h6,9-10,13,19H,4-5,7-8,11-12H2,1-3H3. The van der Waals surface area contributed by atoms with Crippen LogP contribution in [0.3, 0.4) is 0 Å². The SMILES string of the molecule is CC(C)(C)NCc1cccc(Cl)c1OCC1CCCC1. The minimum Gasteiger partial charge on any atom is -0.491 e. The van der Waals surface area contributed by atoms with Gasteiger partial charge in [0.25, 0.3) is 0 Å². The van der Waals surface area contributed by atoms with E-state index in [0.717, 1.165) is 29.5 Å². The summed E-state index contributed by atoms with van der Waals surface area (Å²) in [7, 11) is 0. The molecular weight excluding hydrogens is 270 g/mol. The highest BCUT2D eigenvalue weighted by atomic mass is 35.5. The van der Waals surface area contributed by atoms with Crippen molar-refractivity contribution in [3.8, 4) is 5.75 Å². The van der Waals surface area contributed by atoms with Gasteiger partial charge in [-0.3, -0.25) is 0 Å². The monoisotopic (exact) mass is 295 g/mol. The number of rotatable bonds is 5. The average molecular weight is 296 g/mol. The van der Waals surface area contributed by atoms with Gasteiger partial charge in [0.05, 0.1) is 11.6 Å². The Hall–Kier alpha value is -0.730. The summed E-state index contributed by atoms with van der Waals surface area (Å²) in [4.78, 5) is 0. The van der Waals surface area contributed by atoms with Crippen LogP contribution in [0.15, 0.2) is 18.2 Å². The Morgan fingerprint density at radius 3 is 2.60 bits per heavy atom. The average Bonchev–Trinajstić information content (AvgIpc) is 2.87. The lowest BCUT2D eigenvalue weighted by Crippen LogP contribution is -2.35. The van der Waals surface area contributed by atoms with Crippen molar-refractivity contribution in [2.24, 2.45) is 5.92 Å². The van der Waals surface area contributed by atoms with Crippen LogP contribution in [0.2, 0.25) is 5.02 Å². The lowest BCUT2D eigenvalue weighted by Gasteiger charge is -2.22. The van der Waals surface area contributed by atoms with Crippen molar-refractivity contribution in [2.75, 3.05) is 6.61 Å². The molecule has 1 aromatic rings. The van der Waals surface area contributed by atoms with Gasteiger partial charge in [0.2, 0.25) is 0 Å². The molecule has 1 saturated carbocycles. The Balaban J connectivity index is 2.01. The van der Waals surface area contributed by atoms with Crippen LogP contribution >= 0.6 is 11.6 Å². The third kappa shape index (κ3) is 4.68. The maximum absolute atomic E-state index is 6.31. The molecule has 0 unspecified atom stereocenters. The molecule has 1 fully saturated rings. The Bertz CT molecular complexity index is 433. The molecule has 0 spiro atoms. The maximum atomic E-state index is 6.31. The van der Waals surface area contributed by atoms with Gasteiger partial charge in [-0.2, -0.15) is 0 Å². The Morgan fingerprint density at radius 2 is 1.95 bits per heavy atom. The molecule has 1 aliphatic rings. The molecule has 1 aromatic carbocycles. The third-order valence-corrected chi connectivity index (χ3v) is 4.09. The lowest BCUT2D eigenvalue weighted by molar-refractivity contribution is 0.249. The number of benzene rings is 1. The van der Waals surface area contributed by atoms with Crippen LogP contribution in [0, 0.1) is 5.92 Å². The molecule has 0 atom stereocenters. The fourth-order valence-corrected chi connectivity index (χ4v) is 2.84. The van der Waals surface area contributed by atoms with Crippen LogP contribution in [-0.2, 0) is 6.54 Å². The highest BCUT2D eigenvalue weighted by Crippen LogP contribution is 2.31. The second-order valence-corrected chi connectivity index (χ2v) is 7.20. The largest absolute Gasteiger partial charge is 0.491 e. The predicted octanol–water partition coefficient (Wildman–Crippen LogP) is 4.80. The van der Waals surface area contributed by atoms with E-state index in [4.69, 9.17) is 16.3 Å². The molecule has 0 amide bonds. The topological polar surface area (TPSA) is 21.3 Å².